The van der Waals surface area contributed by atoms with Gasteiger partial charge < -0.3 is 18.9 Å². The van der Waals surface area contributed by atoms with Crippen LogP contribution in [-0.2, 0) is 18.4 Å². The van der Waals surface area contributed by atoms with E-state index in [1.165, 1.54) is 6.08 Å². The molecule has 1 N–H and O–H groups in total. The van der Waals surface area contributed by atoms with Crippen LogP contribution in [0.4, 0.5) is 5.95 Å². The number of aryl methyl sites for hydroxylation is 3. The molecule has 41 heavy (non-hydrogen) atoms. The molecule has 1 fully saturated rings. The maximum Gasteiger partial charge on any atom is 0.258 e. The van der Waals surface area contributed by atoms with Gasteiger partial charge in [0.05, 0.1) is 36.2 Å². The highest BCUT2D eigenvalue weighted by molar-refractivity contribution is 6.05. The third-order valence-corrected chi connectivity index (χ3v) is 7.51. The first-order valence-corrected chi connectivity index (χ1v) is 13.9. The van der Waals surface area contributed by atoms with Gasteiger partial charge >= 0.3 is 0 Å². The van der Waals surface area contributed by atoms with Gasteiger partial charge in [-0.3, -0.25) is 19.9 Å². The van der Waals surface area contributed by atoms with E-state index in [9.17, 15) is 9.59 Å². The number of carbonyl (C=O) groups is 2. The molecular formula is C30H33N7O4. The predicted octanol–water partition coefficient (Wildman–Crippen LogP) is 3.98. The number of nitrogens with zero attached hydrogens (tertiary/aromatic N) is 6. The van der Waals surface area contributed by atoms with Crippen molar-refractivity contribution < 1.29 is 19.1 Å². The van der Waals surface area contributed by atoms with E-state index in [1.54, 1.807) is 27.9 Å². The normalized spacial score (nSPS) is 16.0. The number of likely N-dealkylation sites (tertiary alicyclic amines) is 1. The molecule has 0 aliphatic carbocycles. The highest BCUT2D eigenvalue weighted by Crippen LogP contribution is 2.32. The Kier molecular flexibility index (Phi) is 7.17. The third kappa shape index (κ3) is 5.27. The maximum absolute atomic E-state index is 13.6. The van der Waals surface area contributed by atoms with Crippen LogP contribution >= 0.6 is 0 Å². The molecule has 11 heteroatoms. The average molecular weight is 556 g/mol. The fourth-order valence-electron chi connectivity index (χ4n) is 5.38. The highest BCUT2D eigenvalue weighted by Gasteiger charge is 2.30. The SMILES string of the molecule is C=CC(=O)N1CC(COc2cccc3nc4n(c23)CCCCCOc2c(cnn2C)-c2cc(cc(C)n2)C(=O)N4)C1. The third-order valence-electron chi connectivity index (χ3n) is 7.51. The Morgan fingerprint density at radius 3 is 2.90 bits per heavy atom. The summed E-state index contributed by atoms with van der Waals surface area (Å²) in [5.74, 6) is 1.72. The zero-order chi connectivity index (χ0) is 28.5. The molecular weight excluding hydrogens is 522 g/mol. The Bertz CT molecular complexity index is 1630. The summed E-state index contributed by atoms with van der Waals surface area (Å²) in [6.07, 6.45) is 5.70. The number of fused-ring (bicyclic) bond motifs is 7. The van der Waals surface area contributed by atoms with E-state index in [2.05, 4.69) is 22.0 Å². The van der Waals surface area contributed by atoms with Crippen molar-refractivity contribution in [2.75, 3.05) is 31.6 Å². The van der Waals surface area contributed by atoms with Gasteiger partial charge in [-0.05, 0) is 56.5 Å². The average Bonchev–Trinajstić information content (AvgIpc) is 3.48. The van der Waals surface area contributed by atoms with Crippen molar-refractivity contribution in [3.05, 3.63) is 60.4 Å². The molecule has 0 saturated carbocycles. The molecule has 3 aromatic heterocycles. The Balaban J connectivity index is 1.31. The summed E-state index contributed by atoms with van der Waals surface area (Å²) in [4.78, 5) is 36.6. The van der Waals surface area contributed by atoms with E-state index in [0.717, 1.165) is 35.9 Å². The predicted molar refractivity (Wildman–Crippen MR) is 154 cm³/mol. The van der Waals surface area contributed by atoms with Crippen LogP contribution in [0.3, 0.4) is 0 Å². The fraction of sp³-hybridized carbons (Fsp3) is 0.367. The van der Waals surface area contributed by atoms with Gasteiger partial charge in [-0.1, -0.05) is 12.6 Å². The second kappa shape index (κ2) is 11.1. The van der Waals surface area contributed by atoms with E-state index in [-0.39, 0.29) is 17.7 Å². The standard InChI is InChI=1S/C30H33N7O4/c1-4-26(38)36-16-20(17-36)18-41-25-10-8-9-23-27(25)37-11-6-5-7-12-40-29-22(15-31-35(29)3)24-14-21(13-19(2)32-24)28(39)34-30(37)33-23/h4,8-10,13-15,20H,1,5-7,11-12,16-18H2,2-3H3,(H,33,34,39). The minimum Gasteiger partial charge on any atom is -0.491 e. The first kappa shape index (κ1) is 26.5. The van der Waals surface area contributed by atoms with Gasteiger partial charge in [-0.2, -0.15) is 5.10 Å². The second-order valence-electron chi connectivity index (χ2n) is 10.6. The van der Waals surface area contributed by atoms with Crippen molar-refractivity contribution in [2.24, 2.45) is 13.0 Å². The van der Waals surface area contributed by atoms with Crippen molar-refractivity contribution in [3.8, 4) is 22.9 Å². The van der Waals surface area contributed by atoms with Crippen molar-refractivity contribution in [1.29, 1.82) is 0 Å². The molecule has 1 aromatic carbocycles. The van der Waals surface area contributed by atoms with E-state index in [0.29, 0.717) is 67.4 Å². The van der Waals surface area contributed by atoms with Gasteiger partial charge in [0, 0.05) is 43.9 Å². The topological polar surface area (TPSA) is 116 Å². The number of imidazole rings is 1. The Morgan fingerprint density at radius 1 is 1.22 bits per heavy atom. The van der Waals surface area contributed by atoms with Crippen LogP contribution in [0.25, 0.3) is 22.3 Å². The van der Waals surface area contributed by atoms with Crippen LogP contribution in [0.15, 0.2) is 49.2 Å². The van der Waals surface area contributed by atoms with Gasteiger partial charge in [0.25, 0.3) is 5.91 Å². The number of benzene rings is 1. The molecule has 2 aliphatic heterocycles. The summed E-state index contributed by atoms with van der Waals surface area (Å²) in [6, 6.07) is 9.27. The quantitative estimate of drug-likeness (QED) is 0.379. The molecule has 4 aromatic rings. The lowest BCUT2D eigenvalue weighted by Crippen LogP contribution is -2.51. The summed E-state index contributed by atoms with van der Waals surface area (Å²) in [7, 11) is 1.84. The van der Waals surface area contributed by atoms with Crippen molar-refractivity contribution >= 4 is 28.8 Å². The zero-order valence-corrected chi connectivity index (χ0v) is 23.3. The molecule has 2 aliphatic rings. The van der Waals surface area contributed by atoms with Gasteiger partial charge in [0.15, 0.2) is 0 Å². The molecule has 0 spiro atoms. The molecule has 11 nitrogen and oxygen atoms in total. The number of aromatic nitrogens is 5. The molecule has 6 rings (SSSR count). The maximum atomic E-state index is 13.6. The van der Waals surface area contributed by atoms with E-state index in [1.807, 2.05) is 36.7 Å². The number of pyridine rings is 1. The molecule has 212 valence electrons. The van der Waals surface area contributed by atoms with Crippen LogP contribution in [0.1, 0.15) is 35.3 Å². The van der Waals surface area contributed by atoms with Crippen molar-refractivity contribution in [1.82, 2.24) is 29.2 Å². The van der Waals surface area contributed by atoms with Crippen LogP contribution < -0.4 is 14.8 Å². The minimum absolute atomic E-state index is 0.0559. The van der Waals surface area contributed by atoms with E-state index < -0.39 is 0 Å². The van der Waals surface area contributed by atoms with Crippen LogP contribution in [-0.4, -0.2) is 67.3 Å². The number of para-hydroxylation sites is 1. The number of anilines is 1. The summed E-state index contributed by atoms with van der Waals surface area (Å²) in [5.41, 5.74) is 4.13. The van der Waals surface area contributed by atoms with Crippen LogP contribution in [0, 0.1) is 12.8 Å². The molecule has 1 saturated heterocycles. The van der Waals surface area contributed by atoms with Gasteiger partial charge in [-0.25, -0.2) is 9.67 Å². The number of amides is 2. The monoisotopic (exact) mass is 555 g/mol. The lowest BCUT2D eigenvalue weighted by molar-refractivity contribution is -0.132. The smallest absolute Gasteiger partial charge is 0.258 e. The van der Waals surface area contributed by atoms with Crippen LogP contribution in [0.5, 0.6) is 11.6 Å². The molecule has 0 radical (unpaired) electrons. The summed E-state index contributed by atoms with van der Waals surface area (Å²) < 4.78 is 16.1. The molecule has 5 heterocycles. The van der Waals surface area contributed by atoms with E-state index in [4.69, 9.17) is 14.5 Å². The van der Waals surface area contributed by atoms with E-state index >= 15 is 0 Å². The van der Waals surface area contributed by atoms with Gasteiger partial charge in [-0.15, -0.1) is 0 Å². The van der Waals surface area contributed by atoms with Crippen molar-refractivity contribution in [2.45, 2.75) is 32.7 Å². The number of ether oxygens (including phenoxy) is 2. The molecule has 2 amide bonds. The minimum atomic E-state index is -0.279. The summed E-state index contributed by atoms with van der Waals surface area (Å²) in [5, 5.41) is 7.41. The number of rotatable bonds is 4. The van der Waals surface area contributed by atoms with Gasteiger partial charge in [0.2, 0.25) is 17.7 Å². The number of carbonyl (C=O) groups excluding carboxylic acids is 2. The van der Waals surface area contributed by atoms with Crippen LogP contribution in [0.2, 0.25) is 0 Å². The molecule has 2 bridgehead atoms. The molecule has 0 unspecified atom stereocenters. The fourth-order valence-corrected chi connectivity index (χ4v) is 5.38. The number of nitrogens with one attached hydrogen (secondary N) is 1. The summed E-state index contributed by atoms with van der Waals surface area (Å²) >= 11 is 0. The largest absolute Gasteiger partial charge is 0.491 e. The van der Waals surface area contributed by atoms with Crippen molar-refractivity contribution in [3.63, 3.8) is 0 Å². The Hall–Kier alpha value is -4.67. The Morgan fingerprint density at radius 2 is 2.07 bits per heavy atom. The number of hydrogen-bond acceptors (Lipinski definition) is 7. The Labute approximate surface area is 237 Å². The zero-order valence-electron chi connectivity index (χ0n) is 23.3. The first-order chi connectivity index (χ1) is 19.9. The summed E-state index contributed by atoms with van der Waals surface area (Å²) in [6.45, 7) is 8.39. The number of hydrogen-bond donors (Lipinski definition) is 1. The second-order valence-corrected chi connectivity index (χ2v) is 10.6. The lowest BCUT2D eigenvalue weighted by Gasteiger charge is -2.38. The van der Waals surface area contributed by atoms with Gasteiger partial charge in [0.1, 0.15) is 11.3 Å². The molecule has 0 atom stereocenters. The first-order valence-electron chi connectivity index (χ1n) is 13.9. The lowest BCUT2D eigenvalue weighted by atomic mass is 10.0. The highest BCUT2D eigenvalue weighted by atomic mass is 16.5.